The van der Waals surface area contributed by atoms with Gasteiger partial charge in [-0.15, -0.1) is 0 Å². The number of esters is 1. The lowest BCUT2D eigenvalue weighted by molar-refractivity contribution is -0.145. The van der Waals surface area contributed by atoms with Gasteiger partial charge in [0.2, 0.25) is 0 Å². The second kappa shape index (κ2) is 7.84. The number of ether oxygens (including phenoxy) is 1. The number of halogens is 2. The van der Waals surface area contributed by atoms with Crippen LogP contribution in [0, 0.1) is 5.82 Å². The summed E-state index contributed by atoms with van der Waals surface area (Å²) in [4.78, 5) is 12.0. The molecule has 2 rings (SSSR count). The zero-order valence-corrected chi connectivity index (χ0v) is 15.2. The fraction of sp³-hybridized carbons (Fsp3) is 0.235. The lowest BCUT2D eigenvalue weighted by atomic mass is 10.3. The van der Waals surface area contributed by atoms with Crippen LogP contribution in [0.15, 0.2) is 53.4 Å². The Hall–Kier alpha value is -2.12. The highest BCUT2D eigenvalue weighted by atomic mass is 35.5. The third-order valence-electron chi connectivity index (χ3n) is 3.16. The third-order valence-corrected chi connectivity index (χ3v) is 5.20. The summed E-state index contributed by atoms with van der Waals surface area (Å²) < 4.78 is 44.9. The van der Waals surface area contributed by atoms with Crippen molar-refractivity contribution in [2.24, 2.45) is 0 Å². The molecule has 0 aromatic heterocycles. The topological polar surface area (TPSA) is 63.7 Å². The summed E-state index contributed by atoms with van der Waals surface area (Å²) in [6, 6.07) is 10.3. The molecule has 2 aromatic carbocycles. The Labute approximate surface area is 151 Å². The minimum absolute atomic E-state index is 0.0430. The van der Waals surface area contributed by atoms with Gasteiger partial charge in [0.15, 0.2) is 0 Å². The quantitative estimate of drug-likeness (QED) is 0.712. The van der Waals surface area contributed by atoms with Gasteiger partial charge in [0.1, 0.15) is 12.4 Å². The first-order valence-electron chi connectivity index (χ1n) is 7.43. The normalized spacial score (nSPS) is 11.4. The molecule has 0 fully saturated rings. The molecule has 0 spiro atoms. The van der Waals surface area contributed by atoms with Gasteiger partial charge in [0.25, 0.3) is 10.0 Å². The Balaban J connectivity index is 2.44. The number of carbonyl (C=O) groups is 1. The molecule has 0 radical (unpaired) electrons. The monoisotopic (exact) mass is 385 g/mol. The van der Waals surface area contributed by atoms with Crippen molar-refractivity contribution < 1.29 is 22.3 Å². The summed E-state index contributed by atoms with van der Waals surface area (Å²) in [5, 5.41) is 0.381. The first-order valence-corrected chi connectivity index (χ1v) is 9.25. The van der Waals surface area contributed by atoms with E-state index in [2.05, 4.69) is 0 Å². The van der Waals surface area contributed by atoms with Gasteiger partial charge in [-0.3, -0.25) is 9.10 Å². The molecule has 25 heavy (non-hydrogen) atoms. The van der Waals surface area contributed by atoms with E-state index in [9.17, 15) is 17.6 Å². The molecule has 0 aliphatic carbocycles. The van der Waals surface area contributed by atoms with E-state index >= 15 is 0 Å². The molecule has 134 valence electrons. The van der Waals surface area contributed by atoms with Crippen molar-refractivity contribution in [2.75, 3.05) is 10.8 Å². The molecule has 5 nitrogen and oxygen atoms in total. The maximum absolute atomic E-state index is 13.2. The lowest BCUT2D eigenvalue weighted by Gasteiger charge is -2.24. The van der Waals surface area contributed by atoms with Gasteiger partial charge in [0, 0.05) is 5.02 Å². The molecular weight excluding hydrogens is 369 g/mol. The molecule has 0 saturated carbocycles. The fourth-order valence-electron chi connectivity index (χ4n) is 2.07. The van der Waals surface area contributed by atoms with E-state index in [1.807, 2.05) is 0 Å². The van der Waals surface area contributed by atoms with Crippen LogP contribution in [0.2, 0.25) is 5.02 Å². The van der Waals surface area contributed by atoms with E-state index in [1.165, 1.54) is 36.4 Å². The molecule has 8 heteroatoms. The van der Waals surface area contributed by atoms with Gasteiger partial charge in [-0.05, 0) is 62.4 Å². The van der Waals surface area contributed by atoms with E-state index in [4.69, 9.17) is 16.3 Å². The predicted octanol–water partition coefficient (Wildman–Crippen LogP) is 3.63. The predicted molar refractivity (Wildman–Crippen MR) is 93.6 cm³/mol. The van der Waals surface area contributed by atoms with E-state index in [0.29, 0.717) is 5.02 Å². The molecule has 0 heterocycles. The molecule has 0 unspecified atom stereocenters. The number of hydrogen-bond donors (Lipinski definition) is 0. The van der Waals surface area contributed by atoms with Crippen molar-refractivity contribution >= 4 is 33.3 Å². The summed E-state index contributed by atoms with van der Waals surface area (Å²) >= 11 is 5.79. The minimum atomic E-state index is -4.06. The fourth-order valence-corrected chi connectivity index (χ4v) is 3.61. The number of anilines is 1. The van der Waals surface area contributed by atoms with Crippen LogP contribution in [0.4, 0.5) is 10.1 Å². The molecule has 0 saturated heterocycles. The molecular formula is C17H17ClFNO4S. The Morgan fingerprint density at radius 2 is 1.68 bits per heavy atom. The largest absolute Gasteiger partial charge is 0.462 e. The highest BCUT2D eigenvalue weighted by Gasteiger charge is 2.28. The van der Waals surface area contributed by atoms with Gasteiger partial charge >= 0.3 is 5.97 Å². The van der Waals surface area contributed by atoms with Crippen LogP contribution < -0.4 is 4.31 Å². The van der Waals surface area contributed by atoms with Crippen LogP contribution in [0.25, 0.3) is 0 Å². The van der Waals surface area contributed by atoms with Crippen molar-refractivity contribution in [1.29, 1.82) is 0 Å². The number of carbonyl (C=O) groups excluding carboxylic acids is 1. The zero-order valence-electron chi connectivity index (χ0n) is 13.6. The average Bonchev–Trinajstić information content (AvgIpc) is 2.53. The van der Waals surface area contributed by atoms with Gasteiger partial charge < -0.3 is 4.74 Å². The molecule has 0 aliphatic heterocycles. The molecule has 0 amide bonds. The Morgan fingerprint density at radius 1 is 1.12 bits per heavy atom. The summed E-state index contributed by atoms with van der Waals surface area (Å²) in [5.74, 6) is -1.23. The first kappa shape index (κ1) is 19.2. The van der Waals surface area contributed by atoms with E-state index in [1.54, 1.807) is 13.8 Å². The van der Waals surface area contributed by atoms with Crippen molar-refractivity contribution in [3.8, 4) is 0 Å². The minimum Gasteiger partial charge on any atom is -0.462 e. The van der Waals surface area contributed by atoms with Crippen molar-refractivity contribution in [3.05, 3.63) is 59.4 Å². The smallest absolute Gasteiger partial charge is 0.327 e. The number of benzene rings is 2. The summed E-state index contributed by atoms with van der Waals surface area (Å²) in [5.41, 5.74) is 0.150. The molecule has 2 aromatic rings. The van der Waals surface area contributed by atoms with Gasteiger partial charge in [-0.1, -0.05) is 11.6 Å². The summed E-state index contributed by atoms with van der Waals surface area (Å²) in [6.07, 6.45) is -0.388. The molecule has 0 atom stereocenters. The second-order valence-electron chi connectivity index (χ2n) is 5.48. The first-order chi connectivity index (χ1) is 11.7. The molecule has 0 bridgehead atoms. The zero-order chi connectivity index (χ0) is 18.6. The molecule has 0 N–H and O–H groups in total. The van der Waals surface area contributed by atoms with Crippen molar-refractivity contribution in [3.63, 3.8) is 0 Å². The van der Waals surface area contributed by atoms with Crippen molar-refractivity contribution in [2.45, 2.75) is 24.8 Å². The number of hydrogen-bond acceptors (Lipinski definition) is 4. The van der Waals surface area contributed by atoms with Crippen LogP contribution in [0.1, 0.15) is 13.8 Å². The standard InChI is InChI=1S/C17H17ClFNO4S/c1-12(2)24-17(21)11-20(15-7-5-14(19)6-8-15)25(22,23)16-9-3-13(18)4-10-16/h3-10,12H,11H2,1-2H3. The van der Waals surface area contributed by atoms with Crippen LogP contribution in [0.3, 0.4) is 0 Å². The Kier molecular flexibility index (Phi) is 6.02. The Bertz CT molecular complexity index is 836. The van der Waals surface area contributed by atoms with E-state index < -0.39 is 28.4 Å². The summed E-state index contributed by atoms with van der Waals surface area (Å²) in [6.45, 7) is 2.79. The van der Waals surface area contributed by atoms with Crippen LogP contribution in [-0.2, 0) is 19.6 Å². The van der Waals surface area contributed by atoms with Gasteiger partial charge in [0.05, 0.1) is 16.7 Å². The third kappa shape index (κ3) is 4.93. The second-order valence-corrected chi connectivity index (χ2v) is 7.78. The number of rotatable bonds is 6. The lowest BCUT2D eigenvalue weighted by Crippen LogP contribution is -2.37. The van der Waals surface area contributed by atoms with Crippen molar-refractivity contribution in [1.82, 2.24) is 0 Å². The maximum atomic E-state index is 13.2. The van der Waals surface area contributed by atoms with Crippen LogP contribution >= 0.6 is 11.6 Å². The SMILES string of the molecule is CC(C)OC(=O)CN(c1ccc(F)cc1)S(=O)(=O)c1ccc(Cl)cc1. The van der Waals surface area contributed by atoms with Crippen LogP contribution in [-0.4, -0.2) is 27.0 Å². The van der Waals surface area contributed by atoms with Gasteiger partial charge in [-0.2, -0.15) is 0 Å². The van der Waals surface area contributed by atoms with E-state index in [-0.39, 0.29) is 16.7 Å². The van der Waals surface area contributed by atoms with Gasteiger partial charge in [-0.25, -0.2) is 12.8 Å². The maximum Gasteiger partial charge on any atom is 0.327 e. The number of nitrogens with zero attached hydrogens (tertiary/aromatic N) is 1. The number of sulfonamides is 1. The average molecular weight is 386 g/mol. The van der Waals surface area contributed by atoms with Crippen LogP contribution in [0.5, 0.6) is 0 Å². The highest BCUT2D eigenvalue weighted by Crippen LogP contribution is 2.25. The molecule has 0 aliphatic rings. The highest BCUT2D eigenvalue weighted by molar-refractivity contribution is 7.92. The Morgan fingerprint density at radius 3 is 2.20 bits per heavy atom. The van der Waals surface area contributed by atoms with E-state index in [0.717, 1.165) is 16.4 Å². The summed E-state index contributed by atoms with van der Waals surface area (Å²) in [7, 11) is -4.06.